The first-order valence-corrected chi connectivity index (χ1v) is 10.5. The summed E-state index contributed by atoms with van der Waals surface area (Å²) in [5.74, 6) is -3.78. The van der Waals surface area contributed by atoms with Gasteiger partial charge < -0.3 is 24.6 Å². The molecule has 9 nitrogen and oxygen atoms in total. The lowest BCUT2D eigenvalue weighted by Crippen LogP contribution is -2.27. The Labute approximate surface area is 190 Å². The lowest BCUT2D eigenvalue weighted by molar-refractivity contribution is -0.143. The van der Waals surface area contributed by atoms with Gasteiger partial charge in [-0.05, 0) is 37.8 Å². The van der Waals surface area contributed by atoms with Gasteiger partial charge in [0.2, 0.25) is 0 Å². The maximum Gasteiger partial charge on any atom is 0.320 e. The number of carboxylic acid groups (broad SMARTS) is 1. The van der Waals surface area contributed by atoms with Crippen LogP contribution in [-0.2, 0) is 4.79 Å². The minimum absolute atomic E-state index is 0.00356. The van der Waals surface area contributed by atoms with E-state index in [0.29, 0.717) is 54.6 Å². The number of carbonyl (C=O) groups is 1. The van der Waals surface area contributed by atoms with Gasteiger partial charge in [-0.15, -0.1) is 5.10 Å². The number of benzene rings is 2. The molecule has 3 N–H and O–H groups in total. The first-order chi connectivity index (χ1) is 16.4. The third kappa shape index (κ3) is 4.38. The Morgan fingerprint density at radius 1 is 1.06 bits per heavy atom. The molecule has 5 rings (SSSR count). The molecule has 0 amide bonds. The fourth-order valence-corrected chi connectivity index (χ4v) is 3.89. The summed E-state index contributed by atoms with van der Waals surface area (Å²) < 4.78 is 51.7. The third-order valence-electron chi connectivity index (χ3n) is 5.66. The average molecular weight is 473 g/mol. The summed E-state index contributed by atoms with van der Waals surface area (Å²) in [6.07, 6.45) is 2.44. The largest absolute Gasteiger partial charge is 0.490 e. The molecule has 1 aliphatic rings. The number of imidazole rings is 1. The van der Waals surface area contributed by atoms with E-state index >= 15 is 0 Å². The number of H-pyrrole nitrogens is 1. The van der Waals surface area contributed by atoms with E-state index in [1.807, 2.05) is 0 Å². The van der Waals surface area contributed by atoms with Gasteiger partial charge in [-0.3, -0.25) is 4.79 Å². The van der Waals surface area contributed by atoms with E-state index in [4.69, 9.17) is 14.3 Å². The van der Waals surface area contributed by atoms with Crippen LogP contribution in [0.4, 0.5) is 24.9 Å². The Balaban J connectivity index is 1.29. The van der Waals surface area contributed by atoms with Gasteiger partial charge in [0, 0.05) is 18.2 Å². The molecule has 1 aliphatic carbocycles. The van der Waals surface area contributed by atoms with E-state index in [2.05, 4.69) is 25.5 Å². The molecule has 2 aromatic carbocycles. The predicted molar refractivity (Wildman–Crippen MR) is 113 cm³/mol. The van der Waals surface area contributed by atoms with Crippen LogP contribution in [0.5, 0.6) is 5.75 Å². The molecule has 2 aromatic heterocycles. The molecule has 0 spiro atoms. The number of hydrogen-bond acceptors (Lipinski definition) is 7. The minimum Gasteiger partial charge on any atom is -0.490 e. The van der Waals surface area contributed by atoms with Crippen LogP contribution >= 0.6 is 0 Å². The summed E-state index contributed by atoms with van der Waals surface area (Å²) >= 11 is 0. The van der Waals surface area contributed by atoms with Crippen molar-refractivity contribution in [1.82, 2.24) is 20.2 Å². The summed E-state index contributed by atoms with van der Waals surface area (Å²) in [5, 5.41) is 19.1. The molecule has 0 atom stereocenters. The van der Waals surface area contributed by atoms with E-state index in [0.717, 1.165) is 0 Å². The summed E-state index contributed by atoms with van der Waals surface area (Å²) in [6, 6.07) is 6.10. The third-order valence-corrected chi connectivity index (χ3v) is 5.66. The number of aromatic amines is 1. The normalized spacial score (nSPS) is 18.2. The second-order valence-corrected chi connectivity index (χ2v) is 7.98. The van der Waals surface area contributed by atoms with E-state index in [1.165, 1.54) is 0 Å². The van der Waals surface area contributed by atoms with Crippen LogP contribution in [0.2, 0.25) is 0 Å². The van der Waals surface area contributed by atoms with Crippen LogP contribution in [0.25, 0.3) is 22.7 Å². The van der Waals surface area contributed by atoms with E-state index < -0.39 is 23.4 Å². The highest BCUT2D eigenvalue weighted by atomic mass is 19.2. The van der Waals surface area contributed by atoms with Gasteiger partial charge in [0.05, 0.1) is 28.7 Å². The lowest BCUT2D eigenvalue weighted by Gasteiger charge is -2.26. The number of rotatable bonds is 6. The van der Waals surface area contributed by atoms with Gasteiger partial charge in [0.25, 0.3) is 5.89 Å². The number of nitrogens with one attached hydrogen (secondary N) is 2. The number of hydrogen-bond donors (Lipinski definition) is 3. The highest BCUT2D eigenvalue weighted by Gasteiger charge is 2.27. The van der Waals surface area contributed by atoms with Crippen molar-refractivity contribution >= 4 is 28.7 Å². The molecule has 0 bridgehead atoms. The van der Waals surface area contributed by atoms with Gasteiger partial charge >= 0.3 is 12.0 Å². The number of anilines is 2. The zero-order valence-electron chi connectivity index (χ0n) is 17.5. The SMILES string of the molecule is O=C(O)C1CCC(Oc2ccc3nc(-c4nnc(Nc5cc(F)c(F)cc5F)o4)[nH]c3c2)CC1. The molecule has 0 saturated heterocycles. The number of aliphatic carboxylic acids is 1. The number of nitrogens with zero attached hydrogens (tertiary/aromatic N) is 3. The zero-order valence-corrected chi connectivity index (χ0v) is 17.5. The van der Waals surface area contributed by atoms with E-state index in [9.17, 15) is 18.0 Å². The van der Waals surface area contributed by atoms with E-state index in [1.54, 1.807) is 18.2 Å². The molecule has 12 heteroatoms. The van der Waals surface area contributed by atoms with Crippen molar-refractivity contribution in [2.75, 3.05) is 5.32 Å². The Hall–Kier alpha value is -4.09. The highest BCUT2D eigenvalue weighted by molar-refractivity contribution is 5.79. The molecular formula is C22H18F3N5O4. The van der Waals surface area contributed by atoms with Crippen molar-refractivity contribution in [3.63, 3.8) is 0 Å². The van der Waals surface area contributed by atoms with Crippen LogP contribution < -0.4 is 10.1 Å². The van der Waals surface area contributed by atoms with Crippen LogP contribution in [0.15, 0.2) is 34.7 Å². The van der Waals surface area contributed by atoms with Gasteiger partial charge in [-0.25, -0.2) is 18.2 Å². The van der Waals surface area contributed by atoms with E-state index in [-0.39, 0.29) is 35.4 Å². The fraction of sp³-hybridized carbons (Fsp3) is 0.273. The van der Waals surface area contributed by atoms with Crippen molar-refractivity contribution in [2.45, 2.75) is 31.8 Å². The van der Waals surface area contributed by atoms with Crippen molar-refractivity contribution in [3.05, 3.63) is 47.8 Å². The first-order valence-electron chi connectivity index (χ1n) is 10.5. The maximum absolute atomic E-state index is 13.8. The summed E-state index contributed by atoms with van der Waals surface area (Å²) in [7, 11) is 0. The summed E-state index contributed by atoms with van der Waals surface area (Å²) in [4.78, 5) is 18.5. The number of carboxylic acids is 1. The molecule has 176 valence electrons. The Morgan fingerprint density at radius 2 is 1.82 bits per heavy atom. The van der Waals surface area contributed by atoms with Crippen LogP contribution in [0.3, 0.4) is 0 Å². The minimum atomic E-state index is -1.31. The predicted octanol–water partition coefficient (Wildman–Crippen LogP) is 4.80. The summed E-state index contributed by atoms with van der Waals surface area (Å²) in [5.41, 5.74) is 0.889. The number of aromatic nitrogens is 4. The Bertz CT molecular complexity index is 1360. The van der Waals surface area contributed by atoms with Crippen LogP contribution in [0, 0.1) is 23.4 Å². The smallest absolute Gasteiger partial charge is 0.320 e. The van der Waals surface area contributed by atoms with Gasteiger partial charge in [-0.2, -0.15) is 0 Å². The van der Waals surface area contributed by atoms with Crippen LogP contribution in [-0.4, -0.2) is 37.3 Å². The Kier molecular flexibility index (Phi) is 5.56. The monoisotopic (exact) mass is 473 g/mol. The first kappa shape index (κ1) is 21.7. The van der Waals surface area contributed by atoms with Crippen LogP contribution in [0.1, 0.15) is 25.7 Å². The average Bonchev–Trinajstić information content (AvgIpc) is 3.44. The number of ether oxygens (including phenoxy) is 1. The molecular weight excluding hydrogens is 455 g/mol. The second-order valence-electron chi connectivity index (χ2n) is 7.98. The molecule has 34 heavy (non-hydrogen) atoms. The van der Waals surface area contributed by atoms with Gasteiger partial charge in [0.1, 0.15) is 11.6 Å². The quantitative estimate of drug-likeness (QED) is 0.341. The van der Waals surface area contributed by atoms with Crippen molar-refractivity contribution in [3.8, 4) is 17.5 Å². The topological polar surface area (TPSA) is 126 Å². The van der Waals surface area contributed by atoms with Crippen molar-refractivity contribution in [1.29, 1.82) is 0 Å². The molecule has 4 aromatic rings. The number of fused-ring (bicyclic) bond motifs is 1. The second kappa shape index (κ2) is 8.69. The maximum atomic E-state index is 13.8. The molecule has 0 radical (unpaired) electrons. The molecule has 2 heterocycles. The molecule has 1 fully saturated rings. The number of halogens is 3. The lowest BCUT2D eigenvalue weighted by atomic mass is 9.87. The molecule has 1 saturated carbocycles. The molecule has 0 unspecified atom stereocenters. The zero-order chi connectivity index (χ0) is 23.8. The molecule has 0 aliphatic heterocycles. The van der Waals surface area contributed by atoms with Crippen molar-refractivity contribution in [2.24, 2.45) is 5.92 Å². The standard InChI is InChI=1S/C22H18F3N5O4/c23-13-8-15(25)17(9-14(13)24)28-22-30-29-20(34-22)19-26-16-6-5-12(7-18(16)27-19)33-11-3-1-10(2-4-11)21(31)32/h5-11H,1-4H2,(H,26,27)(H,28,30)(H,31,32). The van der Waals surface area contributed by atoms with Crippen molar-refractivity contribution < 1.29 is 32.2 Å². The van der Waals surface area contributed by atoms with Gasteiger partial charge in [-0.1, -0.05) is 5.10 Å². The summed E-state index contributed by atoms with van der Waals surface area (Å²) in [6.45, 7) is 0. The Morgan fingerprint density at radius 3 is 2.59 bits per heavy atom. The highest BCUT2D eigenvalue weighted by Crippen LogP contribution is 2.30. The fourth-order valence-electron chi connectivity index (χ4n) is 3.89. The van der Waals surface area contributed by atoms with Gasteiger partial charge in [0.15, 0.2) is 17.5 Å².